The van der Waals surface area contributed by atoms with E-state index >= 15 is 0 Å². The van der Waals surface area contributed by atoms with Crippen LogP contribution in [0.2, 0.25) is 0 Å². The highest BCUT2D eigenvalue weighted by Crippen LogP contribution is 2.40. The summed E-state index contributed by atoms with van der Waals surface area (Å²) in [6.07, 6.45) is 2.47. The quantitative estimate of drug-likeness (QED) is 0.593. The Bertz CT molecular complexity index is 615. The summed E-state index contributed by atoms with van der Waals surface area (Å²) in [4.78, 5) is 25.8. The summed E-state index contributed by atoms with van der Waals surface area (Å²) in [5, 5.41) is 9.26. The molecule has 26 heavy (non-hydrogen) atoms. The second-order valence-corrected chi connectivity index (χ2v) is 8.80. The van der Waals surface area contributed by atoms with Crippen LogP contribution in [0.25, 0.3) is 0 Å². The second kappa shape index (κ2) is 9.39. The van der Waals surface area contributed by atoms with E-state index in [9.17, 15) is 9.59 Å². The third-order valence-corrected chi connectivity index (χ3v) is 5.07. The van der Waals surface area contributed by atoms with Gasteiger partial charge >= 0.3 is 0 Å². The van der Waals surface area contributed by atoms with Gasteiger partial charge in [-0.1, -0.05) is 39.5 Å². The van der Waals surface area contributed by atoms with E-state index in [-0.39, 0.29) is 18.2 Å². The van der Waals surface area contributed by atoms with E-state index in [1.165, 1.54) is 11.8 Å². The molecule has 0 bridgehead atoms. The molecule has 0 radical (unpaired) electrons. The molecule has 2 amide bonds. The van der Waals surface area contributed by atoms with Crippen molar-refractivity contribution in [2.75, 3.05) is 18.8 Å². The van der Waals surface area contributed by atoms with Crippen molar-refractivity contribution in [3.05, 3.63) is 5.82 Å². The fourth-order valence-corrected chi connectivity index (χ4v) is 3.73. The average Bonchev–Trinajstić information content (AvgIpc) is 3.30. The normalized spacial score (nSPS) is 14.2. The van der Waals surface area contributed by atoms with E-state index in [0.717, 1.165) is 31.8 Å². The molecule has 0 aliphatic heterocycles. The summed E-state index contributed by atoms with van der Waals surface area (Å²) in [6.45, 7) is 10.5. The molecule has 0 spiro atoms. The van der Waals surface area contributed by atoms with Crippen molar-refractivity contribution in [1.29, 1.82) is 0 Å². The molecule has 8 heteroatoms. The maximum atomic E-state index is 12.7. The van der Waals surface area contributed by atoms with E-state index in [0.29, 0.717) is 35.2 Å². The highest BCUT2D eigenvalue weighted by atomic mass is 32.2. The maximum Gasteiger partial charge on any atom is 0.233 e. The number of hydrogen-bond donors (Lipinski definition) is 1. The molecule has 0 unspecified atom stereocenters. The molecule has 146 valence electrons. The van der Waals surface area contributed by atoms with Crippen LogP contribution in [0, 0.1) is 11.8 Å². The Kier molecular flexibility index (Phi) is 7.49. The van der Waals surface area contributed by atoms with Crippen molar-refractivity contribution in [2.45, 2.75) is 64.6 Å². The number of carbonyl (C=O) groups is 2. The Morgan fingerprint density at radius 1 is 1.19 bits per heavy atom. The first-order valence-electron chi connectivity index (χ1n) is 9.39. The van der Waals surface area contributed by atoms with Crippen molar-refractivity contribution in [1.82, 2.24) is 19.7 Å². The van der Waals surface area contributed by atoms with E-state index in [4.69, 9.17) is 5.73 Å². The minimum absolute atomic E-state index is 0.120. The standard InChI is InChI=1S/C18H31N5O2S/c1-12(2)9-22(10-13(3)4)16(25)11-26-18-21-20-17(14-5-6-14)23(18)8-7-15(19)24/h12-14H,5-11H2,1-4H3,(H2,19,24). The molecule has 1 saturated carbocycles. The number of thioether (sulfide) groups is 1. The lowest BCUT2D eigenvalue weighted by Gasteiger charge is -2.26. The summed E-state index contributed by atoms with van der Waals surface area (Å²) in [5.74, 6) is 2.33. The number of nitrogens with zero attached hydrogens (tertiary/aromatic N) is 4. The average molecular weight is 382 g/mol. The Morgan fingerprint density at radius 2 is 1.81 bits per heavy atom. The second-order valence-electron chi connectivity index (χ2n) is 7.86. The van der Waals surface area contributed by atoms with Gasteiger partial charge in [-0.15, -0.1) is 10.2 Å². The minimum Gasteiger partial charge on any atom is -0.370 e. The molecule has 2 N–H and O–H groups in total. The minimum atomic E-state index is -0.340. The first-order valence-corrected chi connectivity index (χ1v) is 10.4. The fourth-order valence-electron chi connectivity index (χ4n) is 2.86. The molecule has 0 aromatic carbocycles. The van der Waals surface area contributed by atoms with Crippen LogP contribution in [0.15, 0.2) is 5.16 Å². The van der Waals surface area contributed by atoms with Crippen LogP contribution in [-0.4, -0.2) is 50.3 Å². The summed E-state index contributed by atoms with van der Waals surface area (Å²) in [7, 11) is 0. The summed E-state index contributed by atoms with van der Waals surface area (Å²) < 4.78 is 1.97. The van der Waals surface area contributed by atoms with Crippen LogP contribution < -0.4 is 5.73 Å². The van der Waals surface area contributed by atoms with Crippen molar-refractivity contribution in [3.8, 4) is 0 Å². The first-order chi connectivity index (χ1) is 12.3. The Morgan fingerprint density at radius 3 is 2.31 bits per heavy atom. The number of primary amides is 1. The van der Waals surface area contributed by atoms with Crippen molar-refractivity contribution < 1.29 is 9.59 Å². The Labute approximate surface area is 160 Å². The van der Waals surface area contributed by atoms with E-state index in [1.807, 2.05) is 9.47 Å². The van der Waals surface area contributed by atoms with Gasteiger partial charge in [0.1, 0.15) is 5.82 Å². The van der Waals surface area contributed by atoms with E-state index in [2.05, 4.69) is 37.9 Å². The summed E-state index contributed by atoms with van der Waals surface area (Å²) >= 11 is 1.40. The lowest BCUT2D eigenvalue weighted by molar-refractivity contribution is -0.129. The molecule has 1 heterocycles. The van der Waals surface area contributed by atoms with Gasteiger partial charge in [0.25, 0.3) is 0 Å². The predicted molar refractivity (Wildman–Crippen MR) is 103 cm³/mol. The van der Waals surface area contributed by atoms with Gasteiger partial charge in [-0.25, -0.2) is 0 Å². The molecule has 1 aliphatic rings. The highest BCUT2D eigenvalue weighted by Gasteiger charge is 2.30. The van der Waals surface area contributed by atoms with Gasteiger partial charge in [0, 0.05) is 32.0 Å². The topological polar surface area (TPSA) is 94.1 Å². The SMILES string of the molecule is CC(C)CN(CC(C)C)C(=O)CSc1nnc(C2CC2)n1CCC(N)=O. The Balaban J connectivity index is 2.02. The molecular formula is C18H31N5O2S. The third-order valence-electron chi connectivity index (χ3n) is 4.12. The number of hydrogen-bond acceptors (Lipinski definition) is 5. The van der Waals surface area contributed by atoms with Gasteiger partial charge in [0.2, 0.25) is 11.8 Å². The number of aromatic nitrogens is 3. The van der Waals surface area contributed by atoms with Crippen molar-refractivity contribution in [2.24, 2.45) is 17.6 Å². The molecule has 1 aromatic heterocycles. The molecule has 1 aliphatic carbocycles. The highest BCUT2D eigenvalue weighted by molar-refractivity contribution is 7.99. The van der Waals surface area contributed by atoms with E-state index in [1.54, 1.807) is 0 Å². The number of carbonyl (C=O) groups excluding carboxylic acids is 2. The lowest BCUT2D eigenvalue weighted by atomic mass is 10.1. The van der Waals surface area contributed by atoms with Crippen molar-refractivity contribution in [3.63, 3.8) is 0 Å². The van der Waals surface area contributed by atoms with E-state index < -0.39 is 0 Å². The zero-order chi connectivity index (χ0) is 19.3. The maximum absolute atomic E-state index is 12.7. The molecule has 1 aromatic rings. The molecule has 0 atom stereocenters. The Hall–Kier alpha value is -1.57. The number of nitrogens with two attached hydrogens (primary N) is 1. The zero-order valence-electron chi connectivity index (χ0n) is 16.3. The van der Waals surface area contributed by atoms with Crippen LogP contribution in [0.5, 0.6) is 0 Å². The molecular weight excluding hydrogens is 350 g/mol. The molecule has 0 saturated heterocycles. The molecule has 7 nitrogen and oxygen atoms in total. The van der Waals surface area contributed by atoms with Gasteiger partial charge in [-0.05, 0) is 24.7 Å². The van der Waals surface area contributed by atoms with Gasteiger partial charge in [-0.2, -0.15) is 0 Å². The molecule has 2 rings (SSSR count). The number of rotatable bonds is 11. The largest absolute Gasteiger partial charge is 0.370 e. The van der Waals surface area contributed by atoms with Gasteiger partial charge < -0.3 is 15.2 Å². The first kappa shape index (κ1) is 20.7. The van der Waals surface area contributed by atoms with Crippen LogP contribution >= 0.6 is 11.8 Å². The smallest absolute Gasteiger partial charge is 0.233 e. The number of amides is 2. The van der Waals surface area contributed by atoms with Crippen LogP contribution in [0.4, 0.5) is 0 Å². The van der Waals surface area contributed by atoms with Crippen LogP contribution in [0.1, 0.15) is 58.7 Å². The predicted octanol–water partition coefficient (Wildman–Crippen LogP) is 2.26. The molecule has 1 fully saturated rings. The zero-order valence-corrected chi connectivity index (χ0v) is 17.1. The van der Waals surface area contributed by atoms with Gasteiger partial charge in [0.05, 0.1) is 5.75 Å². The van der Waals surface area contributed by atoms with Crippen LogP contribution in [0.3, 0.4) is 0 Å². The van der Waals surface area contributed by atoms with Gasteiger partial charge in [0.15, 0.2) is 5.16 Å². The third kappa shape index (κ3) is 6.30. The lowest BCUT2D eigenvalue weighted by Crippen LogP contribution is -2.38. The van der Waals surface area contributed by atoms with Crippen LogP contribution in [-0.2, 0) is 16.1 Å². The van der Waals surface area contributed by atoms with Crippen molar-refractivity contribution >= 4 is 23.6 Å². The van der Waals surface area contributed by atoms with Gasteiger partial charge in [-0.3, -0.25) is 9.59 Å². The summed E-state index contributed by atoms with van der Waals surface area (Å²) in [6, 6.07) is 0. The summed E-state index contributed by atoms with van der Waals surface area (Å²) in [5.41, 5.74) is 5.29. The monoisotopic (exact) mass is 381 g/mol. The fraction of sp³-hybridized carbons (Fsp3) is 0.778.